The van der Waals surface area contributed by atoms with Gasteiger partial charge in [-0.05, 0) is 44.5 Å². The second-order valence-electron chi connectivity index (χ2n) is 6.59. The molecule has 0 atom stereocenters. The summed E-state index contributed by atoms with van der Waals surface area (Å²) in [6, 6.07) is 16.0. The molecule has 0 aliphatic carbocycles. The van der Waals surface area contributed by atoms with Gasteiger partial charge in [0.05, 0.1) is 18.9 Å². The summed E-state index contributed by atoms with van der Waals surface area (Å²) in [5, 5.41) is 7.04. The quantitative estimate of drug-likeness (QED) is 0.413. The Bertz CT molecular complexity index is 890. The van der Waals surface area contributed by atoms with Crippen LogP contribution in [0.3, 0.4) is 0 Å². The zero-order chi connectivity index (χ0) is 19.4. The number of rotatable bonds is 7. The molecule has 1 heterocycles. The van der Waals surface area contributed by atoms with E-state index in [1.807, 2.05) is 41.9 Å². The molecule has 0 N–H and O–H groups in total. The van der Waals surface area contributed by atoms with Crippen LogP contribution in [0.4, 0.5) is 0 Å². The van der Waals surface area contributed by atoms with E-state index in [1.165, 1.54) is 0 Å². The first-order valence-electron chi connectivity index (χ1n) is 8.77. The zero-order valence-corrected chi connectivity index (χ0v) is 17.9. The van der Waals surface area contributed by atoms with Crippen LogP contribution in [0, 0.1) is 6.92 Å². The summed E-state index contributed by atoms with van der Waals surface area (Å²) in [5.41, 5.74) is 3.23. The lowest BCUT2D eigenvalue weighted by Gasteiger charge is -2.13. The predicted molar refractivity (Wildman–Crippen MR) is 113 cm³/mol. The van der Waals surface area contributed by atoms with Crippen molar-refractivity contribution in [3.63, 3.8) is 0 Å². The van der Waals surface area contributed by atoms with E-state index in [-0.39, 0.29) is 6.04 Å². The van der Waals surface area contributed by atoms with Crippen molar-refractivity contribution in [2.24, 2.45) is 0 Å². The fourth-order valence-corrected chi connectivity index (χ4v) is 4.65. The number of aryl methyl sites for hydroxylation is 1. The normalized spacial score (nSPS) is 11.3. The molecule has 0 spiro atoms. The first kappa shape index (κ1) is 20.3. The number of nitrogens with zero attached hydrogens (tertiary/aromatic N) is 2. The van der Waals surface area contributed by atoms with Crippen molar-refractivity contribution in [3.8, 4) is 0 Å². The molecule has 0 aliphatic heterocycles. The molecule has 0 radical (unpaired) electrons. The minimum absolute atomic E-state index is 0.240. The van der Waals surface area contributed by atoms with Crippen LogP contribution in [-0.2, 0) is 18.0 Å². The van der Waals surface area contributed by atoms with Gasteiger partial charge >= 0.3 is 0 Å². The fraction of sp³-hybridized carbons (Fsp3) is 0.286. The van der Waals surface area contributed by atoms with Crippen molar-refractivity contribution < 1.29 is 4.74 Å². The number of hydrogen-bond donors (Lipinski definition) is 0. The lowest BCUT2D eigenvalue weighted by atomic mass is 10.2. The Morgan fingerprint density at radius 2 is 1.70 bits per heavy atom. The Balaban J connectivity index is 1.84. The molecule has 0 fully saturated rings. The molecule has 3 nitrogen and oxygen atoms in total. The van der Waals surface area contributed by atoms with Crippen molar-refractivity contribution in [1.29, 1.82) is 0 Å². The maximum atomic E-state index is 6.17. The lowest BCUT2D eigenvalue weighted by molar-refractivity contribution is 0.105. The molecule has 1 aromatic heterocycles. The van der Waals surface area contributed by atoms with E-state index in [2.05, 4.69) is 26.0 Å². The van der Waals surface area contributed by atoms with Crippen molar-refractivity contribution in [3.05, 3.63) is 75.4 Å². The molecule has 0 unspecified atom stereocenters. The second kappa shape index (κ2) is 9.16. The lowest BCUT2D eigenvalue weighted by Crippen LogP contribution is -2.05. The van der Waals surface area contributed by atoms with E-state index in [0.717, 1.165) is 26.7 Å². The fourth-order valence-electron chi connectivity index (χ4n) is 2.73. The van der Waals surface area contributed by atoms with Crippen LogP contribution in [0.2, 0.25) is 10.0 Å². The molecule has 2 aromatic carbocycles. The van der Waals surface area contributed by atoms with Crippen LogP contribution in [0.1, 0.15) is 36.7 Å². The summed E-state index contributed by atoms with van der Waals surface area (Å²) in [4.78, 5) is 0.985. The van der Waals surface area contributed by atoms with Gasteiger partial charge in [-0.1, -0.05) is 65.3 Å². The third-order valence-electron chi connectivity index (χ3n) is 4.06. The highest BCUT2D eigenvalue weighted by molar-refractivity contribution is 7.99. The van der Waals surface area contributed by atoms with Gasteiger partial charge in [0.25, 0.3) is 0 Å². The number of hydrogen-bond acceptors (Lipinski definition) is 3. The largest absolute Gasteiger partial charge is 0.372 e. The van der Waals surface area contributed by atoms with Crippen molar-refractivity contribution >= 4 is 35.0 Å². The average molecular weight is 421 g/mol. The summed E-state index contributed by atoms with van der Waals surface area (Å²) in [6.07, 6.45) is 0. The van der Waals surface area contributed by atoms with E-state index in [1.54, 1.807) is 17.8 Å². The van der Waals surface area contributed by atoms with Gasteiger partial charge in [-0.2, -0.15) is 5.10 Å². The predicted octanol–water partition coefficient (Wildman–Crippen LogP) is 6.95. The first-order valence-corrected chi connectivity index (χ1v) is 10.3. The molecule has 0 aliphatic rings. The summed E-state index contributed by atoms with van der Waals surface area (Å²) < 4.78 is 8.02. The minimum Gasteiger partial charge on any atom is -0.372 e. The SMILES string of the molecule is Cc1nn(C(C)C)c(Sc2cc(Cl)cc(Cl)c2)c1COCc1ccccc1. The van der Waals surface area contributed by atoms with Crippen molar-refractivity contribution in [2.75, 3.05) is 0 Å². The van der Waals surface area contributed by atoms with Gasteiger partial charge in [-0.15, -0.1) is 0 Å². The first-order chi connectivity index (χ1) is 12.9. The van der Waals surface area contributed by atoms with Crippen molar-refractivity contribution in [2.45, 2.75) is 49.9 Å². The van der Waals surface area contributed by atoms with E-state index >= 15 is 0 Å². The van der Waals surface area contributed by atoms with Crippen LogP contribution in [0.15, 0.2) is 58.5 Å². The van der Waals surface area contributed by atoms with Gasteiger partial charge in [0.1, 0.15) is 5.03 Å². The standard InChI is InChI=1S/C21H22Cl2N2OS/c1-14(2)25-21(27-19-10-17(22)9-18(23)11-19)20(15(3)24-25)13-26-12-16-7-5-4-6-8-16/h4-11,14H,12-13H2,1-3H3. The summed E-state index contributed by atoms with van der Waals surface area (Å²) in [7, 11) is 0. The van der Waals surface area contributed by atoms with Gasteiger partial charge in [-0.25, -0.2) is 0 Å². The van der Waals surface area contributed by atoms with Crippen LogP contribution in [0.5, 0.6) is 0 Å². The van der Waals surface area contributed by atoms with Gasteiger partial charge in [0.15, 0.2) is 0 Å². The molecule has 6 heteroatoms. The van der Waals surface area contributed by atoms with Gasteiger partial charge < -0.3 is 4.74 Å². The number of halogens is 2. The highest BCUT2D eigenvalue weighted by Gasteiger charge is 2.19. The highest BCUT2D eigenvalue weighted by atomic mass is 35.5. The third-order valence-corrected chi connectivity index (χ3v) is 5.59. The Hall–Kier alpha value is -1.46. The van der Waals surface area contributed by atoms with E-state index in [9.17, 15) is 0 Å². The van der Waals surface area contributed by atoms with Crippen LogP contribution in [0.25, 0.3) is 0 Å². The Labute approximate surface area is 174 Å². The van der Waals surface area contributed by atoms with Crippen LogP contribution in [-0.4, -0.2) is 9.78 Å². The van der Waals surface area contributed by atoms with Gasteiger partial charge in [0.2, 0.25) is 0 Å². The maximum Gasteiger partial charge on any atom is 0.105 e. The Kier molecular flexibility index (Phi) is 6.88. The summed E-state index contributed by atoms with van der Waals surface area (Å²) >= 11 is 14.0. The van der Waals surface area contributed by atoms with E-state index in [4.69, 9.17) is 33.0 Å². The molecule has 3 aromatic rings. The highest BCUT2D eigenvalue weighted by Crippen LogP contribution is 2.36. The minimum atomic E-state index is 0.240. The van der Waals surface area contributed by atoms with Crippen LogP contribution < -0.4 is 0 Å². The van der Waals surface area contributed by atoms with Gasteiger partial charge in [-0.3, -0.25) is 4.68 Å². The number of aromatic nitrogens is 2. The van der Waals surface area contributed by atoms with Gasteiger partial charge in [0, 0.05) is 26.5 Å². The molecule has 27 heavy (non-hydrogen) atoms. The van der Waals surface area contributed by atoms with E-state index in [0.29, 0.717) is 23.3 Å². The maximum absolute atomic E-state index is 6.17. The average Bonchev–Trinajstić information content (AvgIpc) is 2.91. The summed E-state index contributed by atoms with van der Waals surface area (Å²) in [6.45, 7) is 7.34. The van der Waals surface area contributed by atoms with Crippen molar-refractivity contribution in [1.82, 2.24) is 9.78 Å². The zero-order valence-electron chi connectivity index (χ0n) is 15.6. The van der Waals surface area contributed by atoms with Crippen LogP contribution >= 0.6 is 35.0 Å². The third kappa shape index (κ3) is 5.29. The second-order valence-corrected chi connectivity index (χ2v) is 8.53. The summed E-state index contributed by atoms with van der Waals surface area (Å²) in [5.74, 6) is 0. The van der Waals surface area contributed by atoms with E-state index < -0.39 is 0 Å². The Morgan fingerprint density at radius 1 is 1.04 bits per heavy atom. The number of ether oxygens (including phenoxy) is 1. The number of benzene rings is 2. The Morgan fingerprint density at radius 3 is 2.33 bits per heavy atom. The topological polar surface area (TPSA) is 27.1 Å². The molecule has 0 saturated heterocycles. The monoisotopic (exact) mass is 420 g/mol. The molecular weight excluding hydrogens is 399 g/mol. The molecular formula is C21H22Cl2N2OS. The molecule has 0 bridgehead atoms. The molecule has 0 saturated carbocycles. The molecule has 142 valence electrons. The smallest absolute Gasteiger partial charge is 0.105 e. The molecule has 0 amide bonds. The molecule has 3 rings (SSSR count).